The van der Waals surface area contributed by atoms with Crippen LogP contribution < -0.4 is 0 Å². The van der Waals surface area contributed by atoms with Crippen LogP contribution in [0.5, 0.6) is 0 Å². The van der Waals surface area contributed by atoms with Gasteiger partial charge in [-0.3, -0.25) is 19.6 Å². The summed E-state index contributed by atoms with van der Waals surface area (Å²) in [6, 6.07) is -0.253. The number of nitro groups is 1. The molecule has 0 bridgehead atoms. The maximum atomic E-state index is 11.9. The van der Waals surface area contributed by atoms with Gasteiger partial charge in [0.1, 0.15) is 11.4 Å². The van der Waals surface area contributed by atoms with E-state index in [1.54, 1.807) is 27.8 Å². The number of hydrogen-bond acceptors (Lipinski definition) is 5. The van der Waals surface area contributed by atoms with E-state index >= 15 is 0 Å². The number of hydrogen-bond donors (Lipinski definition) is 1. The van der Waals surface area contributed by atoms with Gasteiger partial charge >= 0.3 is 5.69 Å². The van der Waals surface area contributed by atoms with Crippen LogP contribution in [0.4, 0.5) is 5.69 Å². The molecule has 1 amide bonds. The van der Waals surface area contributed by atoms with Gasteiger partial charge in [-0.15, -0.1) is 0 Å². The van der Waals surface area contributed by atoms with Crippen LogP contribution in [0.3, 0.4) is 0 Å². The molecule has 0 saturated carbocycles. The molecule has 1 unspecified atom stereocenters. The van der Waals surface area contributed by atoms with E-state index < -0.39 is 4.92 Å². The molecule has 0 spiro atoms. The molecule has 0 aliphatic rings. The number of aromatic nitrogens is 2. The molecule has 8 heteroatoms. The summed E-state index contributed by atoms with van der Waals surface area (Å²) >= 11 is 0. The number of carbonyl (C=O) groups is 1. The van der Waals surface area contributed by atoms with Crippen molar-refractivity contribution in [2.75, 3.05) is 13.7 Å². The van der Waals surface area contributed by atoms with Crippen LogP contribution in [-0.4, -0.2) is 50.3 Å². The first-order valence-electron chi connectivity index (χ1n) is 6.34. The van der Waals surface area contributed by atoms with Crippen molar-refractivity contribution in [3.8, 4) is 0 Å². The largest absolute Gasteiger partial charge is 0.394 e. The topological polar surface area (TPSA) is 102 Å². The Balaban J connectivity index is 2.74. The second-order valence-electron chi connectivity index (χ2n) is 4.79. The molecule has 0 aliphatic carbocycles. The van der Waals surface area contributed by atoms with Gasteiger partial charge in [-0.2, -0.15) is 5.10 Å². The zero-order chi connectivity index (χ0) is 15.4. The van der Waals surface area contributed by atoms with Gasteiger partial charge in [-0.05, 0) is 20.8 Å². The summed E-state index contributed by atoms with van der Waals surface area (Å²) in [5, 5.41) is 24.0. The van der Waals surface area contributed by atoms with E-state index in [2.05, 4.69) is 5.10 Å². The number of amides is 1. The predicted octanol–water partition coefficient (Wildman–Crippen LogP) is 0.637. The second-order valence-corrected chi connectivity index (χ2v) is 4.79. The van der Waals surface area contributed by atoms with E-state index in [-0.39, 0.29) is 37.2 Å². The Hall–Kier alpha value is -1.96. The molecule has 1 aromatic heterocycles. The van der Waals surface area contributed by atoms with Crippen molar-refractivity contribution in [3.63, 3.8) is 0 Å². The lowest BCUT2D eigenvalue weighted by molar-refractivity contribution is -0.386. The van der Waals surface area contributed by atoms with E-state index in [0.717, 1.165) is 0 Å². The predicted molar refractivity (Wildman–Crippen MR) is 72.3 cm³/mol. The molecule has 112 valence electrons. The maximum Gasteiger partial charge on any atom is 0.312 e. The van der Waals surface area contributed by atoms with Crippen LogP contribution in [0.2, 0.25) is 0 Å². The molecule has 0 saturated heterocycles. The fraction of sp³-hybridized carbons (Fsp3) is 0.667. The van der Waals surface area contributed by atoms with E-state index in [4.69, 9.17) is 5.11 Å². The zero-order valence-corrected chi connectivity index (χ0v) is 12.2. The monoisotopic (exact) mass is 284 g/mol. The lowest BCUT2D eigenvalue weighted by atomic mass is 10.2. The molecular formula is C12H20N4O4. The van der Waals surface area contributed by atoms with Gasteiger partial charge in [-0.25, -0.2) is 0 Å². The minimum Gasteiger partial charge on any atom is -0.394 e. The highest BCUT2D eigenvalue weighted by molar-refractivity contribution is 5.76. The second kappa shape index (κ2) is 6.47. The Labute approximate surface area is 117 Å². The SMILES string of the molecule is Cc1nn(CCC(=O)N(C)C(C)CO)c(C)c1[N+](=O)[O-]. The number of rotatable bonds is 6. The van der Waals surface area contributed by atoms with Crippen LogP contribution in [0.1, 0.15) is 24.7 Å². The third kappa shape index (κ3) is 3.32. The first-order chi connectivity index (χ1) is 9.29. The smallest absolute Gasteiger partial charge is 0.312 e. The van der Waals surface area contributed by atoms with E-state index in [0.29, 0.717) is 11.4 Å². The minimum atomic E-state index is -0.462. The Morgan fingerprint density at radius 1 is 1.55 bits per heavy atom. The van der Waals surface area contributed by atoms with E-state index in [1.165, 1.54) is 9.58 Å². The van der Waals surface area contributed by atoms with Crippen LogP contribution in [0, 0.1) is 24.0 Å². The lowest BCUT2D eigenvalue weighted by Crippen LogP contribution is -2.37. The quantitative estimate of drug-likeness (QED) is 0.610. The third-order valence-electron chi connectivity index (χ3n) is 3.38. The first-order valence-corrected chi connectivity index (χ1v) is 6.34. The number of aliphatic hydroxyl groups is 1. The molecule has 20 heavy (non-hydrogen) atoms. The Morgan fingerprint density at radius 2 is 2.15 bits per heavy atom. The van der Waals surface area contributed by atoms with Crippen LogP contribution in [0.25, 0.3) is 0 Å². The number of aliphatic hydroxyl groups excluding tert-OH is 1. The molecule has 0 aliphatic heterocycles. The molecule has 1 heterocycles. The fourth-order valence-corrected chi connectivity index (χ4v) is 1.92. The Morgan fingerprint density at radius 3 is 2.60 bits per heavy atom. The van der Waals surface area contributed by atoms with Crippen molar-refractivity contribution in [1.29, 1.82) is 0 Å². The fourth-order valence-electron chi connectivity index (χ4n) is 1.92. The van der Waals surface area contributed by atoms with Crippen molar-refractivity contribution in [2.24, 2.45) is 0 Å². The molecule has 1 atom stereocenters. The summed E-state index contributed by atoms with van der Waals surface area (Å²) in [7, 11) is 1.62. The van der Waals surface area contributed by atoms with Gasteiger partial charge in [0.25, 0.3) is 0 Å². The zero-order valence-electron chi connectivity index (χ0n) is 12.2. The third-order valence-corrected chi connectivity index (χ3v) is 3.38. The first kappa shape index (κ1) is 16.1. The summed E-state index contributed by atoms with van der Waals surface area (Å²) in [5.41, 5.74) is 0.782. The average Bonchev–Trinajstić information content (AvgIpc) is 2.68. The van der Waals surface area contributed by atoms with Crippen LogP contribution >= 0.6 is 0 Å². The van der Waals surface area contributed by atoms with Gasteiger partial charge in [0.05, 0.1) is 24.1 Å². The number of nitrogens with zero attached hydrogens (tertiary/aromatic N) is 4. The molecule has 0 aromatic carbocycles. The van der Waals surface area contributed by atoms with Crippen LogP contribution in [-0.2, 0) is 11.3 Å². The number of carbonyl (C=O) groups excluding carboxylic acids is 1. The Bertz CT molecular complexity index is 512. The molecule has 8 nitrogen and oxygen atoms in total. The van der Waals surface area contributed by atoms with Gasteiger partial charge < -0.3 is 10.0 Å². The summed E-state index contributed by atoms with van der Waals surface area (Å²) in [5.74, 6) is -0.137. The van der Waals surface area contributed by atoms with Crippen molar-refractivity contribution in [3.05, 3.63) is 21.5 Å². The molecule has 1 aromatic rings. The number of aryl methyl sites for hydroxylation is 2. The highest BCUT2D eigenvalue weighted by Crippen LogP contribution is 2.21. The van der Waals surface area contributed by atoms with Crippen LogP contribution in [0.15, 0.2) is 0 Å². The molecule has 0 fully saturated rings. The highest BCUT2D eigenvalue weighted by Gasteiger charge is 2.22. The highest BCUT2D eigenvalue weighted by atomic mass is 16.6. The maximum absolute atomic E-state index is 11.9. The van der Waals surface area contributed by atoms with Gasteiger partial charge in [-0.1, -0.05) is 0 Å². The van der Waals surface area contributed by atoms with Gasteiger partial charge in [0, 0.05) is 13.5 Å². The van der Waals surface area contributed by atoms with Crippen molar-refractivity contribution < 1.29 is 14.8 Å². The minimum absolute atomic E-state index is 0.00506. The molecule has 1 rings (SSSR count). The van der Waals surface area contributed by atoms with E-state index in [1.807, 2.05) is 0 Å². The molecular weight excluding hydrogens is 264 g/mol. The van der Waals surface area contributed by atoms with Crippen molar-refractivity contribution in [1.82, 2.24) is 14.7 Å². The Kier molecular flexibility index (Phi) is 5.20. The summed E-state index contributed by atoms with van der Waals surface area (Å²) in [6.07, 6.45) is 0.181. The summed E-state index contributed by atoms with van der Waals surface area (Å²) in [4.78, 5) is 23.8. The van der Waals surface area contributed by atoms with Gasteiger partial charge in [0.15, 0.2) is 0 Å². The summed E-state index contributed by atoms with van der Waals surface area (Å²) < 4.78 is 1.48. The number of likely N-dealkylation sites (N-methyl/N-ethyl adjacent to an activating group) is 1. The normalized spacial score (nSPS) is 12.2. The van der Waals surface area contributed by atoms with Crippen molar-refractivity contribution in [2.45, 2.75) is 39.8 Å². The molecule has 1 N–H and O–H groups in total. The average molecular weight is 284 g/mol. The van der Waals surface area contributed by atoms with Crippen molar-refractivity contribution >= 4 is 11.6 Å². The van der Waals surface area contributed by atoms with Gasteiger partial charge in [0.2, 0.25) is 5.91 Å². The standard InChI is InChI=1S/C12H20N4O4/c1-8(7-17)14(4)11(18)5-6-15-10(3)12(16(19)20)9(2)13-15/h8,17H,5-7H2,1-4H3. The summed E-state index contributed by atoms with van der Waals surface area (Å²) in [6.45, 7) is 5.10. The lowest BCUT2D eigenvalue weighted by Gasteiger charge is -2.23. The van der Waals surface area contributed by atoms with E-state index in [9.17, 15) is 14.9 Å². The molecule has 0 radical (unpaired) electrons.